The van der Waals surface area contributed by atoms with Crippen LogP contribution in [0, 0.1) is 12.7 Å². The molecule has 2 amide bonds. The van der Waals surface area contributed by atoms with Crippen molar-refractivity contribution in [1.29, 1.82) is 0 Å². The first-order valence-corrected chi connectivity index (χ1v) is 11.2. The lowest BCUT2D eigenvalue weighted by atomic mass is 9.97. The first-order valence-electron chi connectivity index (χ1n) is 11.2. The highest BCUT2D eigenvalue weighted by Crippen LogP contribution is 2.34. The van der Waals surface area contributed by atoms with E-state index < -0.39 is 0 Å². The number of benzene rings is 3. The maximum Gasteiger partial charge on any atom is 0.277 e. The molecular weight excluding hydrogens is 415 g/mol. The van der Waals surface area contributed by atoms with Crippen molar-refractivity contribution in [3.8, 4) is 0 Å². The number of aryl methyl sites for hydroxylation is 1. The van der Waals surface area contributed by atoms with Gasteiger partial charge >= 0.3 is 0 Å². The summed E-state index contributed by atoms with van der Waals surface area (Å²) in [6.07, 6.45) is 1.31. The molecule has 166 valence electrons. The van der Waals surface area contributed by atoms with Crippen LogP contribution in [0.1, 0.15) is 27.8 Å². The zero-order chi connectivity index (χ0) is 22.9. The standard InChI is InChI=1S/C28H25FN2O2/c1-19-6-10-22(11-7-19)25-26(30-16-15-21-4-2-3-5-23(21)18-30)28(33)31(27(25)32)17-14-20-8-12-24(29)13-9-20/h2-13H,14-18H2,1H3. The van der Waals surface area contributed by atoms with Gasteiger partial charge in [-0.2, -0.15) is 0 Å². The van der Waals surface area contributed by atoms with E-state index in [0.29, 0.717) is 30.8 Å². The van der Waals surface area contributed by atoms with Gasteiger partial charge < -0.3 is 4.90 Å². The van der Waals surface area contributed by atoms with E-state index in [1.807, 2.05) is 43.3 Å². The molecule has 0 atom stereocenters. The van der Waals surface area contributed by atoms with Gasteiger partial charge in [-0.15, -0.1) is 0 Å². The predicted molar refractivity (Wildman–Crippen MR) is 125 cm³/mol. The molecule has 0 spiro atoms. The van der Waals surface area contributed by atoms with Crippen LogP contribution in [0.3, 0.4) is 0 Å². The summed E-state index contributed by atoms with van der Waals surface area (Å²) in [7, 11) is 0. The lowest BCUT2D eigenvalue weighted by Crippen LogP contribution is -2.38. The number of carbonyl (C=O) groups is 2. The van der Waals surface area contributed by atoms with Gasteiger partial charge in [-0.3, -0.25) is 14.5 Å². The number of amides is 2. The van der Waals surface area contributed by atoms with Crippen LogP contribution in [0.15, 0.2) is 78.5 Å². The molecule has 5 rings (SSSR count). The molecule has 2 aliphatic heterocycles. The fraction of sp³-hybridized carbons (Fsp3) is 0.214. The van der Waals surface area contributed by atoms with Gasteiger partial charge in [0, 0.05) is 19.6 Å². The fourth-order valence-corrected chi connectivity index (χ4v) is 4.62. The predicted octanol–water partition coefficient (Wildman–Crippen LogP) is 4.52. The van der Waals surface area contributed by atoms with E-state index in [4.69, 9.17) is 0 Å². The minimum absolute atomic E-state index is 0.253. The highest BCUT2D eigenvalue weighted by molar-refractivity contribution is 6.35. The van der Waals surface area contributed by atoms with Gasteiger partial charge in [-0.25, -0.2) is 4.39 Å². The van der Waals surface area contributed by atoms with Crippen LogP contribution in [-0.4, -0.2) is 34.7 Å². The second-order valence-electron chi connectivity index (χ2n) is 8.67. The molecule has 0 saturated carbocycles. The van der Waals surface area contributed by atoms with E-state index in [9.17, 15) is 14.0 Å². The molecule has 4 nitrogen and oxygen atoms in total. The summed E-state index contributed by atoms with van der Waals surface area (Å²) in [4.78, 5) is 30.5. The van der Waals surface area contributed by atoms with Gasteiger partial charge in [0.2, 0.25) is 0 Å². The number of hydrogen-bond donors (Lipinski definition) is 0. The smallest absolute Gasteiger partial charge is 0.277 e. The molecule has 0 saturated heterocycles. The third-order valence-electron chi connectivity index (χ3n) is 6.47. The third-order valence-corrected chi connectivity index (χ3v) is 6.47. The second-order valence-corrected chi connectivity index (χ2v) is 8.67. The maximum absolute atomic E-state index is 13.6. The molecule has 0 aromatic heterocycles. The van der Waals surface area contributed by atoms with Gasteiger partial charge in [0.15, 0.2) is 0 Å². The molecule has 2 heterocycles. The van der Waals surface area contributed by atoms with E-state index in [1.54, 1.807) is 12.1 Å². The summed E-state index contributed by atoms with van der Waals surface area (Å²) in [6, 6.07) is 22.2. The number of hydrogen-bond acceptors (Lipinski definition) is 3. The Balaban J connectivity index is 1.48. The first kappa shape index (κ1) is 21.1. The molecule has 0 fully saturated rings. The quantitative estimate of drug-likeness (QED) is 0.548. The first-order chi connectivity index (χ1) is 16.0. The zero-order valence-electron chi connectivity index (χ0n) is 18.6. The summed E-state index contributed by atoms with van der Waals surface area (Å²) in [6.45, 7) is 3.54. The van der Waals surface area contributed by atoms with Crippen LogP contribution in [0.25, 0.3) is 5.57 Å². The van der Waals surface area contributed by atoms with Crippen molar-refractivity contribution < 1.29 is 14.0 Å². The van der Waals surface area contributed by atoms with Gasteiger partial charge in [0.25, 0.3) is 11.8 Å². The molecule has 0 unspecified atom stereocenters. The Morgan fingerprint density at radius 3 is 2.27 bits per heavy atom. The van der Waals surface area contributed by atoms with Crippen molar-refractivity contribution in [2.75, 3.05) is 13.1 Å². The highest BCUT2D eigenvalue weighted by atomic mass is 19.1. The average Bonchev–Trinajstić information content (AvgIpc) is 3.08. The number of fused-ring (bicyclic) bond motifs is 1. The van der Waals surface area contributed by atoms with Crippen molar-refractivity contribution in [3.05, 3.63) is 112 Å². The van der Waals surface area contributed by atoms with Crippen LogP contribution >= 0.6 is 0 Å². The van der Waals surface area contributed by atoms with E-state index >= 15 is 0 Å². The summed E-state index contributed by atoms with van der Waals surface area (Å²) < 4.78 is 13.3. The Kier molecular flexibility index (Phi) is 5.55. The molecule has 0 N–H and O–H groups in total. The van der Waals surface area contributed by atoms with E-state index in [2.05, 4.69) is 17.0 Å². The molecule has 0 radical (unpaired) electrons. The monoisotopic (exact) mass is 440 g/mol. The van der Waals surface area contributed by atoms with Gasteiger partial charge in [-0.05, 0) is 54.2 Å². The average molecular weight is 441 g/mol. The van der Waals surface area contributed by atoms with E-state index in [-0.39, 0.29) is 24.2 Å². The highest BCUT2D eigenvalue weighted by Gasteiger charge is 2.41. The molecule has 3 aromatic carbocycles. The SMILES string of the molecule is Cc1ccc(C2=C(N3CCc4ccccc4C3)C(=O)N(CCc3ccc(F)cc3)C2=O)cc1. The number of carbonyl (C=O) groups excluding carboxylic acids is 2. The molecule has 0 aliphatic carbocycles. The van der Waals surface area contributed by atoms with E-state index in [1.165, 1.54) is 28.2 Å². The zero-order valence-corrected chi connectivity index (χ0v) is 18.6. The number of rotatable bonds is 5. The molecular formula is C28H25FN2O2. The van der Waals surface area contributed by atoms with Crippen molar-refractivity contribution in [3.63, 3.8) is 0 Å². The van der Waals surface area contributed by atoms with Gasteiger partial charge in [-0.1, -0.05) is 66.2 Å². The number of halogens is 1. The van der Waals surface area contributed by atoms with E-state index in [0.717, 1.165) is 23.1 Å². The molecule has 5 heteroatoms. The van der Waals surface area contributed by atoms with Crippen LogP contribution in [0.4, 0.5) is 4.39 Å². The normalized spacial score (nSPS) is 15.9. The van der Waals surface area contributed by atoms with Crippen LogP contribution in [0.2, 0.25) is 0 Å². The Hall–Kier alpha value is -3.73. The van der Waals surface area contributed by atoms with Crippen LogP contribution in [0.5, 0.6) is 0 Å². The minimum atomic E-state index is -0.303. The summed E-state index contributed by atoms with van der Waals surface area (Å²) >= 11 is 0. The van der Waals surface area contributed by atoms with Crippen LogP contribution < -0.4 is 0 Å². The number of nitrogens with zero attached hydrogens (tertiary/aromatic N) is 2. The van der Waals surface area contributed by atoms with Crippen molar-refractivity contribution in [1.82, 2.24) is 9.80 Å². The number of imide groups is 1. The summed E-state index contributed by atoms with van der Waals surface area (Å²) in [5, 5.41) is 0. The topological polar surface area (TPSA) is 40.6 Å². The third kappa shape index (κ3) is 4.07. The summed E-state index contributed by atoms with van der Waals surface area (Å²) in [5.41, 5.74) is 6.17. The van der Waals surface area contributed by atoms with Crippen LogP contribution in [-0.2, 0) is 29.0 Å². The molecule has 2 aliphatic rings. The minimum Gasteiger partial charge on any atom is -0.362 e. The Morgan fingerprint density at radius 2 is 1.55 bits per heavy atom. The lowest BCUT2D eigenvalue weighted by Gasteiger charge is -2.31. The Bertz CT molecular complexity index is 1250. The van der Waals surface area contributed by atoms with Gasteiger partial charge in [0.1, 0.15) is 11.5 Å². The molecule has 33 heavy (non-hydrogen) atoms. The summed E-state index contributed by atoms with van der Waals surface area (Å²) in [5.74, 6) is -0.819. The molecule has 3 aromatic rings. The molecule has 0 bridgehead atoms. The lowest BCUT2D eigenvalue weighted by molar-refractivity contribution is -0.137. The largest absolute Gasteiger partial charge is 0.362 e. The van der Waals surface area contributed by atoms with Crippen molar-refractivity contribution >= 4 is 17.4 Å². The van der Waals surface area contributed by atoms with Crippen molar-refractivity contribution in [2.45, 2.75) is 26.3 Å². The maximum atomic E-state index is 13.6. The van der Waals surface area contributed by atoms with Gasteiger partial charge in [0.05, 0.1) is 5.57 Å². The Labute approximate surface area is 193 Å². The van der Waals surface area contributed by atoms with Crippen molar-refractivity contribution in [2.24, 2.45) is 0 Å². The second kappa shape index (κ2) is 8.66. The Morgan fingerprint density at radius 1 is 0.848 bits per heavy atom. The fourth-order valence-electron chi connectivity index (χ4n) is 4.62.